The summed E-state index contributed by atoms with van der Waals surface area (Å²) in [5, 5.41) is 2.65. The number of anilines is 1. The second-order valence-electron chi connectivity index (χ2n) is 5.70. The van der Waals surface area contributed by atoms with Crippen LogP contribution in [0.25, 0.3) is 0 Å². The lowest BCUT2D eigenvalue weighted by atomic mass is 10.1. The van der Waals surface area contributed by atoms with Crippen LogP contribution in [0, 0.1) is 25.5 Å². The Labute approximate surface area is 145 Å². The number of benzene rings is 2. The van der Waals surface area contributed by atoms with Gasteiger partial charge in [0, 0.05) is 12.7 Å². The zero-order valence-electron chi connectivity index (χ0n) is 14.0. The molecule has 0 unspecified atom stereocenters. The van der Waals surface area contributed by atoms with Gasteiger partial charge in [-0.05, 0) is 49.2 Å². The molecule has 0 heterocycles. The second-order valence-corrected chi connectivity index (χ2v) is 7.75. The number of hydrogen-bond acceptors (Lipinski definition) is 3. The molecule has 0 aliphatic carbocycles. The molecule has 1 N–H and O–H groups in total. The van der Waals surface area contributed by atoms with Crippen molar-refractivity contribution in [2.45, 2.75) is 18.7 Å². The van der Waals surface area contributed by atoms with Crippen molar-refractivity contribution in [1.29, 1.82) is 0 Å². The summed E-state index contributed by atoms with van der Waals surface area (Å²) in [6.45, 7) is 3.22. The van der Waals surface area contributed by atoms with Crippen molar-refractivity contribution >= 4 is 21.6 Å². The van der Waals surface area contributed by atoms with E-state index < -0.39 is 39.0 Å². The van der Waals surface area contributed by atoms with Crippen molar-refractivity contribution in [3.05, 3.63) is 59.2 Å². The molecule has 2 aromatic carbocycles. The number of nitrogens with zero attached hydrogens (tertiary/aromatic N) is 1. The SMILES string of the molecule is Cc1ccc(C)c(NC(=O)CN(C)S(=O)(=O)c2ccc(F)c(F)c2)c1. The Morgan fingerprint density at radius 2 is 1.76 bits per heavy atom. The number of carbonyl (C=O) groups excluding carboxylic acids is 1. The molecule has 2 rings (SSSR count). The van der Waals surface area contributed by atoms with Crippen LogP contribution in [-0.2, 0) is 14.8 Å². The van der Waals surface area contributed by atoms with Gasteiger partial charge in [0.05, 0.1) is 11.4 Å². The third kappa shape index (κ3) is 4.40. The van der Waals surface area contributed by atoms with E-state index in [-0.39, 0.29) is 0 Å². The highest BCUT2D eigenvalue weighted by molar-refractivity contribution is 7.89. The van der Waals surface area contributed by atoms with Crippen LogP contribution >= 0.6 is 0 Å². The van der Waals surface area contributed by atoms with Gasteiger partial charge < -0.3 is 5.32 Å². The first-order valence-electron chi connectivity index (χ1n) is 7.40. The minimum absolute atomic E-state index is 0.423. The lowest BCUT2D eigenvalue weighted by molar-refractivity contribution is -0.116. The van der Waals surface area contributed by atoms with E-state index in [9.17, 15) is 22.0 Å². The molecule has 0 atom stereocenters. The number of nitrogens with one attached hydrogen (secondary N) is 1. The Morgan fingerprint density at radius 1 is 1.08 bits per heavy atom. The summed E-state index contributed by atoms with van der Waals surface area (Å²) < 4.78 is 51.7. The summed E-state index contributed by atoms with van der Waals surface area (Å²) in [4.78, 5) is 11.7. The maximum atomic E-state index is 13.3. The molecule has 8 heteroatoms. The summed E-state index contributed by atoms with van der Waals surface area (Å²) in [7, 11) is -2.92. The number of halogens is 2. The summed E-state index contributed by atoms with van der Waals surface area (Å²) in [6.07, 6.45) is 0. The smallest absolute Gasteiger partial charge is 0.243 e. The summed E-state index contributed by atoms with van der Waals surface area (Å²) in [5.74, 6) is -2.95. The maximum Gasteiger partial charge on any atom is 0.243 e. The number of amides is 1. The molecule has 0 radical (unpaired) electrons. The van der Waals surface area contributed by atoms with Gasteiger partial charge in [0.1, 0.15) is 0 Å². The average molecular weight is 368 g/mol. The van der Waals surface area contributed by atoms with Crippen LogP contribution in [0.4, 0.5) is 14.5 Å². The molecule has 0 aliphatic rings. The van der Waals surface area contributed by atoms with Gasteiger partial charge in [-0.15, -0.1) is 0 Å². The van der Waals surface area contributed by atoms with E-state index in [0.29, 0.717) is 11.8 Å². The molecule has 2 aromatic rings. The van der Waals surface area contributed by atoms with Crippen molar-refractivity contribution in [3.8, 4) is 0 Å². The van der Waals surface area contributed by atoms with Crippen molar-refractivity contribution in [2.75, 3.05) is 18.9 Å². The highest BCUT2D eigenvalue weighted by Gasteiger charge is 2.24. The zero-order valence-corrected chi connectivity index (χ0v) is 14.8. The van der Waals surface area contributed by atoms with Gasteiger partial charge in [0.15, 0.2) is 11.6 Å². The Kier molecular flexibility index (Phi) is 5.54. The molecule has 0 aliphatic heterocycles. The molecule has 1 amide bonds. The van der Waals surface area contributed by atoms with Crippen LogP contribution < -0.4 is 5.32 Å². The lowest BCUT2D eigenvalue weighted by Gasteiger charge is -2.17. The largest absolute Gasteiger partial charge is 0.325 e. The van der Waals surface area contributed by atoms with Gasteiger partial charge in [-0.3, -0.25) is 4.79 Å². The van der Waals surface area contributed by atoms with Crippen LogP contribution in [0.1, 0.15) is 11.1 Å². The third-order valence-electron chi connectivity index (χ3n) is 3.63. The second kappa shape index (κ2) is 7.28. The first-order chi connectivity index (χ1) is 11.6. The van der Waals surface area contributed by atoms with Gasteiger partial charge in [-0.2, -0.15) is 4.31 Å². The fraction of sp³-hybridized carbons (Fsp3) is 0.235. The number of rotatable bonds is 5. The van der Waals surface area contributed by atoms with Gasteiger partial charge in [-0.25, -0.2) is 17.2 Å². The fourth-order valence-corrected chi connectivity index (χ4v) is 3.30. The highest BCUT2D eigenvalue weighted by Crippen LogP contribution is 2.19. The topological polar surface area (TPSA) is 66.5 Å². The van der Waals surface area contributed by atoms with Crippen LogP contribution in [0.15, 0.2) is 41.3 Å². The molecule has 25 heavy (non-hydrogen) atoms. The number of aryl methyl sites for hydroxylation is 2. The predicted molar refractivity (Wildman–Crippen MR) is 90.7 cm³/mol. The molecule has 0 fully saturated rings. The minimum atomic E-state index is -4.12. The number of carbonyl (C=O) groups is 1. The van der Waals surface area contributed by atoms with Gasteiger partial charge >= 0.3 is 0 Å². The van der Waals surface area contributed by atoms with Crippen molar-refractivity contribution < 1.29 is 22.0 Å². The number of likely N-dealkylation sites (N-methyl/N-ethyl adjacent to an activating group) is 1. The van der Waals surface area contributed by atoms with E-state index in [4.69, 9.17) is 0 Å². The third-order valence-corrected chi connectivity index (χ3v) is 5.43. The van der Waals surface area contributed by atoms with E-state index >= 15 is 0 Å². The van der Waals surface area contributed by atoms with Gasteiger partial charge in [0.2, 0.25) is 15.9 Å². The fourth-order valence-electron chi connectivity index (χ4n) is 2.16. The summed E-state index contributed by atoms with van der Waals surface area (Å²) in [6, 6.07) is 7.78. The molecular weight excluding hydrogens is 350 g/mol. The quantitative estimate of drug-likeness (QED) is 0.883. The Bertz CT molecular complexity index is 914. The van der Waals surface area contributed by atoms with Crippen LogP contribution in [0.2, 0.25) is 0 Å². The minimum Gasteiger partial charge on any atom is -0.325 e. The standard InChI is InChI=1S/C17H18F2N2O3S/c1-11-4-5-12(2)16(8-11)20-17(22)10-21(3)25(23,24)13-6-7-14(18)15(19)9-13/h4-9H,10H2,1-3H3,(H,20,22). The summed E-state index contributed by atoms with van der Waals surface area (Å²) >= 11 is 0. The van der Waals surface area contributed by atoms with Crippen LogP contribution in [-0.4, -0.2) is 32.2 Å². The van der Waals surface area contributed by atoms with E-state index in [1.54, 1.807) is 6.07 Å². The molecule has 0 saturated carbocycles. The Hall–Kier alpha value is -2.32. The van der Waals surface area contributed by atoms with Gasteiger partial charge in [-0.1, -0.05) is 12.1 Å². The number of sulfonamides is 1. The van der Waals surface area contributed by atoms with E-state index in [0.717, 1.165) is 27.6 Å². The van der Waals surface area contributed by atoms with E-state index in [2.05, 4.69) is 5.32 Å². The molecular formula is C17H18F2N2O3S. The van der Waals surface area contributed by atoms with E-state index in [1.807, 2.05) is 26.0 Å². The first-order valence-corrected chi connectivity index (χ1v) is 8.84. The number of hydrogen-bond donors (Lipinski definition) is 1. The molecule has 0 bridgehead atoms. The molecule has 5 nitrogen and oxygen atoms in total. The van der Waals surface area contributed by atoms with Crippen molar-refractivity contribution in [1.82, 2.24) is 4.31 Å². The molecule has 0 saturated heterocycles. The Balaban J connectivity index is 2.14. The van der Waals surface area contributed by atoms with E-state index in [1.165, 1.54) is 7.05 Å². The van der Waals surface area contributed by atoms with Crippen LogP contribution in [0.5, 0.6) is 0 Å². The normalized spacial score (nSPS) is 11.6. The molecule has 0 aromatic heterocycles. The van der Waals surface area contributed by atoms with Crippen LogP contribution in [0.3, 0.4) is 0 Å². The summed E-state index contributed by atoms with van der Waals surface area (Å²) in [5.41, 5.74) is 2.37. The zero-order chi connectivity index (χ0) is 18.8. The molecule has 0 spiro atoms. The predicted octanol–water partition coefficient (Wildman–Crippen LogP) is 2.84. The highest BCUT2D eigenvalue weighted by atomic mass is 32.2. The Morgan fingerprint density at radius 3 is 2.40 bits per heavy atom. The maximum absolute atomic E-state index is 13.3. The average Bonchev–Trinajstić information content (AvgIpc) is 2.53. The first kappa shape index (κ1) is 19.0. The molecule has 134 valence electrons. The van der Waals surface area contributed by atoms with Crippen molar-refractivity contribution in [2.24, 2.45) is 0 Å². The van der Waals surface area contributed by atoms with Crippen molar-refractivity contribution in [3.63, 3.8) is 0 Å². The lowest BCUT2D eigenvalue weighted by Crippen LogP contribution is -2.35. The monoisotopic (exact) mass is 368 g/mol. The van der Waals surface area contributed by atoms with Gasteiger partial charge in [0.25, 0.3) is 0 Å².